The van der Waals surface area contributed by atoms with E-state index in [4.69, 9.17) is 4.74 Å². The first-order valence-corrected chi connectivity index (χ1v) is 10.9. The van der Waals surface area contributed by atoms with Crippen molar-refractivity contribution in [1.29, 1.82) is 0 Å². The highest BCUT2D eigenvalue weighted by molar-refractivity contribution is 5.93. The summed E-state index contributed by atoms with van der Waals surface area (Å²) in [5.74, 6) is -2.03. The Kier molecular flexibility index (Phi) is 11.2. The van der Waals surface area contributed by atoms with E-state index in [2.05, 4.69) is 21.9 Å². The number of alkyl carbamates (subject to hydrolysis) is 1. The van der Waals surface area contributed by atoms with Crippen LogP contribution in [0.4, 0.5) is 4.79 Å². The average molecular weight is 478 g/mol. The van der Waals surface area contributed by atoms with Gasteiger partial charge in [0.2, 0.25) is 11.8 Å². The van der Waals surface area contributed by atoms with Crippen molar-refractivity contribution in [3.63, 3.8) is 0 Å². The first-order chi connectivity index (χ1) is 16.0. The van der Waals surface area contributed by atoms with Gasteiger partial charge in [-0.2, -0.15) is 0 Å². The molecule has 0 saturated carbocycles. The van der Waals surface area contributed by atoms with Crippen molar-refractivity contribution in [2.24, 2.45) is 0 Å². The summed E-state index contributed by atoms with van der Waals surface area (Å²) >= 11 is 0. The fraction of sp³-hybridized carbons (Fsp3) is 0.500. The molecule has 0 aliphatic rings. The monoisotopic (exact) mass is 477 g/mol. The molecule has 10 nitrogen and oxygen atoms in total. The Morgan fingerprint density at radius 1 is 1.18 bits per heavy atom. The lowest BCUT2D eigenvalue weighted by Gasteiger charge is -2.33. The standard InChI is InChI=1S/C24H35N3O7/c1-7-13-27(22(31)18(15-28)26-23(32)34-24(3,4)5)20(21(30)25-14-19(29)33-6)17-11-9-16(8-2)10-12-17/h7,9-12,18,20,28H,1,8,13-15H2,2-6H3,(H,25,30)(H,26,32). The normalized spacial score (nSPS) is 12.6. The van der Waals surface area contributed by atoms with E-state index in [1.807, 2.05) is 19.1 Å². The molecule has 0 spiro atoms. The minimum Gasteiger partial charge on any atom is -0.468 e. The molecule has 0 fully saturated rings. The molecule has 188 valence electrons. The van der Waals surface area contributed by atoms with Crippen molar-refractivity contribution in [3.8, 4) is 0 Å². The minimum absolute atomic E-state index is 0.0723. The second-order valence-electron chi connectivity index (χ2n) is 8.45. The van der Waals surface area contributed by atoms with Gasteiger partial charge in [-0.05, 0) is 38.3 Å². The third kappa shape index (κ3) is 8.86. The summed E-state index contributed by atoms with van der Waals surface area (Å²) in [6.07, 6.45) is 1.31. The number of hydrogen-bond acceptors (Lipinski definition) is 7. The topological polar surface area (TPSA) is 134 Å². The molecule has 1 aromatic rings. The number of amides is 3. The van der Waals surface area contributed by atoms with Crippen LogP contribution in [0.2, 0.25) is 0 Å². The van der Waals surface area contributed by atoms with Crippen molar-refractivity contribution in [1.82, 2.24) is 15.5 Å². The lowest BCUT2D eigenvalue weighted by molar-refractivity contribution is -0.144. The largest absolute Gasteiger partial charge is 0.468 e. The average Bonchev–Trinajstić information content (AvgIpc) is 2.79. The minimum atomic E-state index is -1.37. The summed E-state index contributed by atoms with van der Waals surface area (Å²) in [5.41, 5.74) is 0.688. The summed E-state index contributed by atoms with van der Waals surface area (Å²) < 4.78 is 9.74. The Hall–Kier alpha value is -3.40. The molecule has 10 heteroatoms. The van der Waals surface area contributed by atoms with E-state index < -0.39 is 54.7 Å². The molecule has 2 atom stereocenters. The number of carbonyl (C=O) groups excluding carboxylic acids is 4. The van der Waals surface area contributed by atoms with E-state index in [1.54, 1.807) is 32.9 Å². The SMILES string of the molecule is C=CCN(C(=O)C(CO)NC(=O)OC(C)(C)C)C(C(=O)NCC(=O)OC)c1ccc(CC)cc1. The predicted octanol–water partition coefficient (Wildman–Crippen LogP) is 1.48. The molecule has 0 bridgehead atoms. The summed E-state index contributed by atoms with van der Waals surface area (Å²) in [4.78, 5) is 51.4. The van der Waals surface area contributed by atoms with Crippen LogP contribution in [-0.4, -0.2) is 72.3 Å². The maximum absolute atomic E-state index is 13.4. The van der Waals surface area contributed by atoms with E-state index in [-0.39, 0.29) is 6.54 Å². The van der Waals surface area contributed by atoms with Gasteiger partial charge >= 0.3 is 12.1 Å². The number of carbonyl (C=O) groups is 4. The Balaban J connectivity index is 3.32. The summed E-state index contributed by atoms with van der Waals surface area (Å²) in [6.45, 7) is 9.43. The van der Waals surface area contributed by atoms with Crippen LogP contribution in [0.15, 0.2) is 36.9 Å². The zero-order valence-corrected chi connectivity index (χ0v) is 20.4. The zero-order valence-electron chi connectivity index (χ0n) is 20.4. The van der Waals surface area contributed by atoms with E-state index in [0.29, 0.717) is 5.56 Å². The van der Waals surface area contributed by atoms with Crippen molar-refractivity contribution < 1.29 is 33.8 Å². The first kappa shape index (κ1) is 28.6. The zero-order chi connectivity index (χ0) is 25.9. The smallest absolute Gasteiger partial charge is 0.408 e. The van der Waals surface area contributed by atoms with E-state index >= 15 is 0 Å². The number of aliphatic hydroxyl groups is 1. The van der Waals surface area contributed by atoms with Gasteiger partial charge in [0.25, 0.3) is 0 Å². The first-order valence-electron chi connectivity index (χ1n) is 10.9. The molecule has 0 saturated heterocycles. The lowest BCUT2D eigenvalue weighted by Crippen LogP contribution is -2.54. The van der Waals surface area contributed by atoms with Crippen LogP contribution in [-0.2, 0) is 30.3 Å². The van der Waals surface area contributed by atoms with Crippen LogP contribution in [0.1, 0.15) is 44.9 Å². The highest BCUT2D eigenvalue weighted by Crippen LogP contribution is 2.23. The molecule has 1 rings (SSSR count). The highest BCUT2D eigenvalue weighted by atomic mass is 16.6. The molecule has 1 aromatic carbocycles. The third-order valence-electron chi connectivity index (χ3n) is 4.68. The van der Waals surface area contributed by atoms with E-state index in [0.717, 1.165) is 12.0 Å². The number of benzene rings is 1. The van der Waals surface area contributed by atoms with Crippen LogP contribution < -0.4 is 10.6 Å². The maximum atomic E-state index is 13.4. The molecule has 0 aliphatic carbocycles. The molecule has 34 heavy (non-hydrogen) atoms. The number of aliphatic hydroxyl groups excluding tert-OH is 1. The van der Waals surface area contributed by atoms with Crippen LogP contribution in [0.25, 0.3) is 0 Å². The Bertz CT molecular complexity index is 862. The van der Waals surface area contributed by atoms with Crippen LogP contribution in [0.5, 0.6) is 0 Å². The number of rotatable bonds is 11. The predicted molar refractivity (Wildman–Crippen MR) is 126 cm³/mol. The van der Waals surface area contributed by atoms with Gasteiger partial charge in [-0.15, -0.1) is 6.58 Å². The van der Waals surface area contributed by atoms with Crippen LogP contribution in [0, 0.1) is 0 Å². The number of nitrogens with one attached hydrogen (secondary N) is 2. The number of esters is 1. The highest BCUT2D eigenvalue weighted by Gasteiger charge is 2.35. The lowest BCUT2D eigenvalue weighted by atomic mass is 10.0. The van der Waals surface area contributed by atoms with Crippen molar-refractivity contribution in [3.05, 3.63) is 48.0 Å². The number of methoxy groups -OCH3 is 1. The number of ether oxygens (including phenoxy) is 2. The molecule has 3 N–H and O–H groups in total. The van der Waals surface area contributed by atoms with Gasteiger partial charge in [0.15, 0.2) is 0 Å². The molecule has 0 radical (unpaired) electrons. The fourth-order valence-electron chi connectivity index (χ4n) is 3.03. The van der Waals surface area contributed by atoms with Crippen LogP contribution in [0.3, 0.4) is 0 Å². The third-order valence-corrected chi connectivity index (χ3v) is 4.68. The van der Waals surface area contributed by atoms with E-state index in [1.165, 1.54) is 18.1 Å². The number of hydrogen-bond donors (Lipinski definition) is 3. The van der Waals surface area contributed by atoms with E-state index in [9.17, 15) is 24.3 Å². The molecule has 3 amide bonds. The Morgan fingerprint density at radius 3 is 2.26 bits per heavy atom. The number of aryl methyl sites for hydroxylation is 1. The Labute approximate surface area is 200 Å². The van der Waals surface area contributed by atoms with Crippen LogP contribution >= 0.6 is 0 Å². The van der Waals surface area contributed by atoms with Gasteiger partial charge in [-0.25, -0.2) is 4.79 Å². The van der Waals surface area contributed by atoms with Crippen molar-refractivity contribution in [2.45, 2.75) is 51.8 Å². The van der Waals surface area contributed by atoms with Gasteiger partial charge in [0.05, 0.1) is 13.7 Å². The molecule has 0 aliphatic heterocycles. The molecular weight excluding hydrogens is 442 g/mol. The van der Waals surface area contributed by atoms with Gasteiger partial charge in [0, 0.05) is 6.54 Å². The molecular formula is C24H35N3O7. The van der Waals surface area contributed by atoms with Crippen molar-refractivity contribution in [2.75, 3.05) is 26.8 Å². The van der Waals surface area contributed by atoms with Gasteiger partial charge in [-0.3, -0.25) is 14.4 Å². The maximum Gasteiger partial charge on any atom is 0.408 e. The second-order valence-corrected chi connectivity index (χ2v) is 8.45. The molecule has 0 aromatic heterocycles. The van der Waals surface area contributed by atoms with Gasteiger partial charge in [-0.1, -0.05) is 37.3 Å². The Morgan fingerprint density at radius 2 is 1.79 bits per heavy atom. The van der Waals surface area contributed by atoms with Gasteiger partial charge in [0.1, 0.15) is 24.2 Å². The molecule has 0 heterocycles. The summed E-state index contributed by atoms with van der Waals surface area (Å²) in [7, 11) is 1.19. The second kappa shape index (κ2) is 13.3. The molecule has 2 unspecified atom stereocenters. The number of nitrogens with zero attached hydrogens (tertiary/aromatic N) is 1. The quantitative estimate of drug-likeness (QED) is 0.325. The fourth-order valence-corrected chi connectivity index (χ4v) is 3.03. The summed E-state index contributed by atoms with van der Waals surface area (Å²) in [5, 5.41) is 14.6. The summed E-state index contributed by atoms with van der Waals surface area (Å²) in [6, 6.07) is 4.53. The van der Waals surface area contributed by atoms with Gasteiger partial charge < -0.3 is 30.1 Å². The van der Waals surface area contributed by atoms with Crippen molar-refractivity contribution >= 4 is 23.9 Å².